The van der Waals surface area contributed by atoms with E-state index in [0.29, 0.717) is 5.88 Å². The molecule has 0 bridgehead atoms. The number of benzene rings is 1. The third kappa shape index (κ3) is 4.07. The van der Waals surface area contributed by atoms with Crippen LogP contribution in [0.25, 0.3) is 0 Å². The molecule has 1 heterocycles. The lowest BCUT2D eigenvalue weighted by molar-refractivity contribution is 0.456. The van der Waals surface area contributed by atoms with E-state index in [1.165, 1.54) is 5.56 Å². The van der Waals surface area contributed by atoms with Crippen LogP contribution in [0.5, 0.6) is 11.6 Å². The molecule has 0 aliphatic rings. The molecule has 0 saturated heterocycles. The zero-order valence-corrected chi connectivity index (χ0v) is 13.8. The van der Waals surface area contributed by atoms with Crippen molar-refractivity contribution in [1.29, 1.82) is 0 Å². The number of ether oxygens (including phenoxy) is 1. The van der Waals surface area contributed by atoms with Crippen molar-refractivity contribution in [2.45, 2.75) is 33.1 Å². The van der Waals surface area contributed by atoms with E-state index < -0.39 is 0 Å². The maximum absolute atomic E-state index is 5.93. The predicted molar refractivity (Wildman–Crippen MR) is 92.2 cm³/mol. The van der Waals surface area contributed by atoms with Crippen LogP contribution < -0.4 is 10.1 Å². The Bertz CT molecular complexity index is 672. The molecule has 4 nitrogen and oxygen atoms in total. The molecule has 0 spiro atoms. The molecule has 0 fully saturated rings. The Morgan fingerprint density at radius 1 is 1.23 bits per heavy atom. The highest BCUT2D eigenvalue weighted by atomic mass is 16.5. The van der Waals surface area contributed by atoms with Crippen LogP contribution in [-0.2, 0) is 5.41 Å². The van der Waals surface area contributed by atoms with Crippen LogP contribution in [0, 0.1) is 6.92 Å². The lowest BCUT2D eigenvalue weighted by Crippen LogP contribution is -2.10. The Kier molecular flexibility index (Phi) is 4.81. The molecule has 1 aromatic heterocycles. The molecule has 0 unspecified atom stereocenters. The largest absolute Gasteiger partial charge is 0.439 e. The summed E-state index contributed by atoms with van der Waals surface area (Å²) in [6.45, 7) is 8.53. The first-order valence-electron chi connectivity index (χ1n) is 7.32. The third-order valence-corrected chi connectivity index (χ3v) is 3.31. The Morgan fingerprint density at radius 3 is 2.64 bits per heavy atom. The van der Waals surface area contributed by atoms with E-state index in [9.17, 15) is 0 Å². The van der Waals surface area contributed by atoms with Gasteiger partial charge in [0.15, 0.2) is 0 Å². The molecular formula is C18H23N3O. The zero-order valence-electron chi connectivity index (χ0n) is 13.8. The summed E-state index contributed by atoms with van der Waals surface area (Å²) in [6, 6.07) is 10.1. The van der Waals surface area contributed by atoms with Gasteiger partial charge in [-0.15, -0.1) is 0 Å². The Balaban J connectivity index is 2.20. The molecule has 0 aliphatic carbocycles. The smallest absolute Gasteiger partial charge is 0.222 e. The zero-order chi connectivity index (χ0) is 16.2. The van der Waals surface area contributed by atoms with Gasteiger partial charge in [0.25, 0.3) is 0 Å². The molecule has 1 aromatic carbocycles. The summed E-state index contributed by atoms with van der Waals surface area (Å²) in [6.07, 6.45) is 3.36. The second kappa shape index (κ2) is 6.60. The summed E-state index contributed by atoms with van der Waals surface area (Å²) >= 11 is 0. The van der Waals surface area contributed by atoms with E-state index in [-0.39, 0.29) is 5.41 Å². The predicted octanol–water partition coefficient (Wildman–Crippen LogP) is 4.55. The SMILES string of the molecule is CN=CNc1cnc(Oc2cccc(C(C)(C)C)c2)c(C)c1. The van der Waals surface area contributed by atoms with Crippen LogP contribution in [0.15, 0.2) is 41.5 Å². The standard InChI is InChI=1S/C18H23N3O/c1-13-9-15(21-12-19-5)11-20-17(13)22-16-8-6-7-14(10-16)18(2,3)4/h6-12H,1-5H3,(H,19,21). The molecule has 2 aromatic rings. The minimum atomic E-state index is 0.0924. The van der Waals surface area contributed by atoms with E-state index in [1.54, 1.807) is 19.6 Å². The first-order valence-corrected chi connectivity index (χ1v) is 7.32. The maximum Gasteiger partial charge on any atom is 0.222 e. The number of anilines is 1. The normalized spacial score (nSPS) is 11.7. The van der Waals surface area contributed by atoms with E-state index in [0.717, 1.165) is 17.0 Å². The molecule has 22 heavy (non-hydrogen) atoms. The highest BCUT2D eigenvalue weighted by Crippen LogP contribution is 2.29. The van der Waals surface area contributed by atoms with Crippen LogP contribution in [0.4, 0.5) is 5.69 Å². The van der Waals surface area contributed by atoms with Crippen LogP contribution >= 0.6 is 0 Å². The van der Waals surface area contributed by atoms with Gasteiger partial charge in [0.2, 0.25) is 5.88 Å². The van der Waals surface area contributed by atoms with Gasteiger partial charge >= 0.3 is 0 Å². The van der Waals surface area contributed by atoms with Gasteiger partial charge in [0.1, 0.15) is 5.75 Å². The van der Waals surface area contributed by atoms with Crippen molar-refractivity contribution in [1.82, 2.24) is 4.98 Å². The minimum absolute atomic E-state index is 0.0924. The quantitative estimate of drug-likeness (QED) is 0.665. The van der Waals surface area contributed by atoms with Crippen molar-refractivity contribution in [2.75, 3.05) is 12.4 Å². The summed E-state index contributed by atoms with van der Waals surface area (Å²) in [7, 11) is 1.72. The van der Waals surface area contributed by atoms with Gasteiger partial charge < -0.3 is 10.1 Å². The second-order valence-electron chi connectivity index (χ2n) is 6.26. The van der Waals surface area contributed by atoms with Gasteiger partial charge in [-0.2, -0.15) is 0 Å². The summed E-state index contributed by atoms with van der Waals surface area (Å²) in [5, 5.41) is 3.05. The van der Waals surface area contributed by atoms with E-state index in [1.807, 2.05) is 25.1 Å². The van der Waals surface area contributed by atoms with Crippen molar-refractivity contribution in [3.8, 4) is 11.6 Å². The number of aryl methyl sites for hydroxylation is 1. The average Bonchev–Trinajstić information content (AvgIpc) is 2.47. The summed E-state index contributed by atoms with van der Waals surface area (Å²) < 4.78 is 5.93. The van der Waals surface area contributed by atoms with Crippen molar-refractivity contribution >= 4 is 12.0 Å². The average molecular weight is 297 g/mol. The van der Waals surface area contributed by atoms with Crippen molar-refractivity contribution in [2.24, 2.45) is 4.99 Å². The van der Waals surface area contributed by atoms with Gasteiger partial charge in [-0.1, -0.05) is 32.9 Å². The Hall–Kier alpha value is -2.36. The topological polar surface area (TPSA) is 46.5 Å². The van der Waals surface area contributed by atoms with Crippen molar-refractivity contribution < 1.29 is 4.74 Å². The Morgan fingerprint density at radius 2 is 2.00 bits per heavy atom. The molecule has 0 aliphatic heterocycles. The molecule has 0 saturated carbocycles. The Labute approximate surface area is 132 Å². The molecule has 4 heteroatoms. The van der Waals surface area contributed by atoms with Gasteiger partial charge in [0.05, 0.1) is 18.2 Å². The number of pyridine rings is 1. The number of aliphatic imine (C=N–C) groups is 1. The van der Waals surface area contributed by atoms with Gasteiger partial charge in [-0.3, -0.25) is 4.99 Å². The van der Waals surface area contributed by atoms with Crippen molar-refractivity contribution in [3.63, 3.8) is 0 Å². The van der Waals surface area contributed by atoms with Crippen LogP contribution in [0.3, 0.4) is 0 Å². The number of rotatable bonds is 4. The van der Waals surface area contributed by atoms with E-state index in [2.05, 4.69) is 48.2 Å². The monoisotopic (exact) mass is 297 g/mol. The molecule has 2 rings (SSSR count). The van der Waals surface area contributed by atoms with Crippen LogP contribution in [0.1, 0.15) is 31.9 Å². The first kappa shape index (κ1) is 16.0. The van der Waals surface area contributed by atoms with Gasteiger partial charge in [0, 0.05) is 12.6 Å². The third-order valence-electron chi connectivity index (χ3n) is 3.31. The summed E-state index contributed by atoms with van der Waals surface area (Å²) in [5.41, 5.74) is 3.18. The molecule has 116 valence electrons. The molecular weight excluding hydrogens is 274 g/mol. The molecule has 0 amide bonds. The molecule has 0 radical (unpaired) electrons. The number of hydrogen-bond acceptors (Lipinski definition) is 3. The lowest BCUT2D eigenvalue weighted by atomic mass is 9.87. The van der Waals surface area contributed by atoms with Crippen molar-refractivity contribution in [3.05, 3.63) is 47.7 Å². The maximum atomic E-state index is 5.93. The molecule has 1 N–H and O–H groups in total. The van der Waals surface area contributed by atoms with Gasteiger partial charge in [-0.05, 0) is 36.1 Å². The highest BCUT2D eigenvalue weighted by Gasteiger charge is 2.14. The van der Waals surface area contributed by atoms with E-state index in [4.69, 9.17) is 4.74 Å². The lowest BCUT2D eigenvalue weighted by Gasteiger charge is -2.19. The van der Waals surface area contributed by atoms with Crippen LogP contribution in [0.2, 0.25) is 0 Å². The van der Waals surface area contributed by atoms with Gasteiger partial charge in [-0.25, -0.2) is 4.98 Å². The number of nitrogens with zero attached hydrogens (tertiary/aromatic N) is 2. The van der Waals surface area contributed by atoms with Crippen LogP contribution in [-0.4, -0.2) is 18.4 Å². The number of nitrogens with one attached hydrogen (secondary N) is 1. The fraction of sp³-hybridized carbons (Fsp3) is 0.333. The first-order chi connectivity index (χ1) is 10.4. The number of hydrogen-bond donors (Lipinski definition) is 1. The fourth-order valence-electron chi connectivity index (χ4n) is 2.02. The molecule has 0 atom stereocenters. The summed E-state index contributed by atoms with van der Waals surface area (Å²) in [5.74, 6) is 1.42. The van der Waals surface area contributed by atoms with E-state index >= 15 is 0 Å². The minimum Gasteiger partial charge on any atom is -0.439 e. The highest BCUT2D eigenvalue weighted by molar-refractivity contribution is 5.75. The fourth-order valence-corrected chi connectivity index (χ4v) is 2.02. The number of aromatic nitrogens is 1. The second-order valence-corrected chi connectivity index (χ2v) is 6.26. The summed E-state index contributed by atoms with van der Waals surface area (Å²) in [4.78, 5) is 8.26.